The molecule has 0 aliphatic carbocycles. The minimum absolute atomic E-state index is 0.538. The fourth-order valence-corrected chi connectivity index (χ4v) is 3.78. The number of carbonyl (C=O) groups is 1. The van der Waals surface area contributed by atoms with Crippen molar-refractivity contribution in [3.8, 4) is 11.4 Å². The summed E-state index contributed by atoms with van der Waals surface area (Å²) in [6.07, 6.45) is -5.08. The number of anilines is 1. The van der Waals surface area contributed by atoms with E-state index in [2.05, 4.69) is 49.2 Å². The number of aryl methyl sites for hydroxylation is 1. The molecule has 0 unspecified atom stereocenters. The first-order valence-corrected chi connectivity index (χ1v) is 10.3. The van der Waals surface area contributed by atoms with Gasteiger partial charge in [-0.3, -0.25) is 0 Å². The molecule has 13 heteroatoms. The SMILES string of the molecule is Cc1cccc(-c2nsc(NCc3nnc(C4CNC4)s3)n2)c1.O=C(O)C(F)(F)F. The van der Waals surface area contributed by atoms with Crippen molar-refractivity contribution in [2.24, 2.45) is 0 Å². The van der Waals surface area contributed by atoms with E-state index in [-0.39, 0.29) is 0 Å². The number of carboxylic acids is 1. The summed E-state index contributed by atoms with van der Waals surface area (Å²) in [4.78, 5) is 13.4. The van der Waals surface area contributed by atoms with Crippen LogP contribution in [0, 0.1) is 6.92 Å². The van der Waals surface area contributed by atoms with Crippen LogP contribution >= 0.6 is 22.9 Å². The number of benzene rings is 1. The standard InChI is InChI=1S/C15H16N6S2.C2HF3O2/c1-9-3-2-4-10(5-9)13-18-15(23-21-13)17-8-12-19-20-14(22-12)11-6-16-7-11;3-2(4,5)1(6)7/h2-5,11,16H,6-8H2,1H3,(H,17,18,21);(H,6,7). The summed E-state index contributed by atoms with van der Waals surface area (Å²) in [5.41, 5.74) is 2.25. The zero-order valence-corrected chi connectivity index (χ0v) is 17.2. The summed E-state index contributed by atoms with van der Waals surface area (Å²) >= 11 is 3.05. The molecule has 0 radical (unpaired) electrons. The van der Waals surface area contributed by atoms with E-state index < -0.39 is 12.1 Å². The maximum absolute atomic E-state index is 10.6. The van der Waals surface area contributed by atoms with Crippen molar-refractivity contribution in [1.82, 2.24) is 24.9 Å². The Balaban J connectivity index is 0.000000318. The highest BCUT2D eigenvalue weighted by molar-refractivity contribution is 7.11. The van der Waals surface area contributed by atoms with Gasteiger partial charge in [0.2, 0.25) is 5.13 Å². The largest absolute Gasteiger partial charge is 0.490 e. The lowest BCUT2D eigenvalue weighted by Crippen LogP contribution is -2.39. The molecule has 30 heavy (non-hydrogen) atoms. The average Bonchev–Trinajstić information content (AvgIpc) is 3.28. The molecule has 1 aliphatic rings. The number of hydrogen-bond acceptors (Lipinski definition) is 9. The third-order valence-corrected chi connectivity index (χ3v) is 5.71. The molecule has 0 atom stereocenters. The number of nitrogens with one attached hydrogen (secondary N) is 2. The van der Waals surface area contributed by atoms with Gasteiger partial charge in [0.15, 0.2) is 5.82 Å². The Kier molecular flexibility index (Phi) is 6.95. The first kappa shape index (κ1) is 22.1. The van der Waals surface area contributed by atoms with Gasteiger partial charge in [-0.1, -0.05) is 35.1 Å². The Hall–Kier alpha value is -2.64. The summed E-state index contributed by atoms with van der Waals surface area (Å²) < 4.78 is 36.2. The Morgan fingerprint density at radius 2 is 2.07 bits per heavy atom. The highest BCUT2D eigenvalue weighted by atomic mass is 32.1. The molecular formula is C17H17F3N6O2S2. The first-order chi connectivity index (χ1) is 14.2. The second kappa shape index (κ2) is 9.45. The van der Waals surface area contributed by atoms with Gasteiger partial charge in [-0.2, -0.15) is 22.5 Å². The zero-order valence-electron chi connectivity index (χ0n) is 15.6. The van der Waals surface area contributed by atoms with Crippen LogP contribution in [-0.2, 0) is 11.3 Å². The number of aromatic nitrogens is 4. The molecule has 4 rings (SSSR count). The van der Waals surface area contributed by atoms with E-state index in [1.165, 1.54) is 17.1 Å². The van der Waals surface area contributed by atoms with Gasteiger partial charge < -0.3 is 15.7 Å². The minimum Gasteiger partial charge on any atom is -0.475 e. The van der Waals surface area contributed by atoms with Gasteiger partial charge >= 0.3 is 12.1 Å². The molecule has 3 aromatic rings. The summed E-state index contributed by atoms with van der Waals surface area (Å²) in [5, 5.41) is 25.1. The molecule has 8 nitrogen and oxygen atoms in total. The van der Waals surface area contributed by atoms with Gasteiger partial charge in [0, 0.05) is 36.1 Å². The van der Waals surface area contributed by atoms with E-state index in [1.807, 2.05) is 12.1 Å². The third kappa shape index (κ3) is 5.93. The monoisotopic (exact) mass is 458 g/mol. The lowest BCUT2D eigenvalue weighted by atomic mass is 10.1. The molecular weight excluding hydrogens is 441 g/mol. The van der Waals surface area contributed by atoms with Crippen LogP contribution in [-0.4, -0.2) is 49.9 Å². The number of alkyl halides is 3. The van der Waals surface area contributed by atoms with Crippen LogP contribution in [0.5, 0.6) is 0 Å². The Morgan fingerprint density at radius 3 is 2.67 bits per heavy atom. The fraction of sp³-hybridized carbons (Fsp3) is 0.353. The fourth-order valence-electron chi connectivity index (χ4n) is 2.31. The number of aliphatic carboxylic acids is 1. The van der Waals surface area contributed by atoms with Gasteiger partial charge in [-0.25, -0.2) is 4.79 Å². The average molecular weight is 458 g/mol. The van der Waals surface area contributed by atoms with Crippen LogP contribution in [0.3, 0.4) is 0 Å². The normalized spacial score (nSPS) is 13.9. The molecule has 0 saturated carbocycles. The minimum atomic E-state index is -5.08. The predicted molar refractivity (Wildman–Crippen MR) is 107 cm³/mol. The number of rotatable bonds is 5. The highest BCUT2D eigenvalue weighted by Gasteiger charge is 2.38. The van der Waals surface area contributed by atoms with E-state index in [9.17, 15) is 13.2 Å². The highest BCUT2D eigenvalue weighted by Crippen LogP contribution is 2.25. The van der Waals surface area contributed by atoms with Gasteiger partial charge in [-0.05, 0) is 13.0 Å². The molecule has 160 valence electrons. The summed E-state index contributed by atoms with van der Waals surface area (Å²) in [5.74, 6) is -1.46. The van der Waals surface area contributed by atoms with Crippen LogP contribution in [0.1, 0.15) is 21.5 Å². The van der Waals surface area contributed by atoms with Gasteiger partial charge in [0.25, 0.3) is 0 Å². The van der Waals surface area contributed by atoms with Gasteiger partial charge in [0.05, 0.1) is 6.54 Å². The molecule has 0 amide bonds. The van der Waals surface area contributed by atoms with Crippen molar-refractivity contribution < 1.29 is 23.1 Å². The lowest BCUT2D eigenvalue weighted by molar-refractivity contribution is -0.192. The molecule has 1 saturated heterocycles. The van der Waals surface area contributed by atoms with Crippen molar-refractivity contribution >= 4 is 34.0 Å². The second-order valence-corrected chi connectivity index (χ2v) is 8.18. The molecule has 3 heterocycles. The summed E-state index contributed by atoms with van der Waals surface area (Å²) in [6, 6.07) is 8.22. The van der Waals surface area contributed by atoms with Crippen LogP contribution in [0.4, 0.5) is 18.3 Å². The van der Waals surface area contributed by atoms with Crippen LogP contribution in [0.25, 0.3) is 11.4 Å². The van der Waals surface area contributed by atoms with Crippen molar-refractivity contribution in [2.75, 3.05) is 18.4 Å². The van der Waals surface area contributed by atoms with E-state index >= 15 is 0 Å². The van der Waals surface area contributed by atoms with Crippen molar-refractivity contribution in [3.63, 3.8) is 0 Å². The van der Waals surface area contributed by atoms with Crippen LogP contribution in [0.15, 0.2) is 24.3 Å². The zero-order chi connectivity index (χ0) is 21.7. The quantitative estimate of drug-likeness (QED) is 0.534. The van der Waals surface area contributed by atoms with Crippen molar-refractivity contribution in [2.45, 2.75) is 25.6 Å². The molecule has 2 aromatic heterocycles. The molecule has 0 spiro atoms. The van der Waals surface area contributed by atoms with Crippen molar-refractivity contribution in [1.29, 1.82) is 0 Å². The summed E-state index contributed by atoms with van der Waals surface area (Å²) in [7, 11) is 0. The summed E-state index contributed by atoms with van der Waals surface area (Å²) in [6.45, 7) is 4.73. The first-order valence-electron chi connectivity index (χ1n) is 8.70. The van der Waals surface area contributed by atoms with Gasteiger partial charge in [-0.15, -0.1) is 10.2 Å². The Labute approximate surface area is 177 Å². The van der Waals surface area contributed by atoms with E-state index in [4.69, 9.17) is 9.90 Å². The number of halogens is 3. The second-order valence-electron chi connectivity index (χ2n) is 6.34. The Bertz CT molecular complexity index is 1000. The molecule has 1 aromatic carbocycles. The van der Waals surface area contributed by atoms with E-state index in [0.717, 1.165) is 39.6 Å². The smallest absolute Gasteiger partial charge is 0.475 e. The molecule has 1 aliphatic heterocycles. The lowest BCUT2D eigenvalue weighted by Gasteiger charge is -2.23. The van der Waals surface area contributed by atoms with Gasteiger partial charge in [0.1, 0.15) is 10.0 Å². The van der Waals surface area contributed by atoms with Crippen LogP contribution < -0.4 is 10.6 Å². The maximum atomic E-state index is 10.6. The number of nitrogens with zero attached hydrogens (tertiary/aromatic N) is 4. The van der Waals surface area contributed by atoms with Crippen LogP contribution in [0.2, 0.25) is 0 Å². The number of hydrogen-bond donors (Lipinski definition) is 3. The topological polar surface area (TPSA) is 113 Å². The van der Waals surface area contributed by atoms with Crippen molar-refractivity contribution in [3.05, 3.63) is 39.8 Å². The third-order valence-electron chi connectivity index (χ3n) is 3.95. The molecule has 1 fully saturated rings. The Morgan fingerprint density at radius 1 is 1.33 bits per heavy atom. The van der Waals surface area contributed by atoms with E-state index in [0.29, 0.717) is 12.5 Å². The molecule has 3 N–H and O–H groups in total. The van der Waals surface area contributed by atoms with E-state index in [1.54, 1.807) is 11.3 Å². The number of carboxylic acid groups (broad SMARTS) is 1. The maximum Gasteiger partial charge on any atom is 0.490 e. The molecule has 0 bridgehead atoms. The predicted octanol–water partition coefficient (Wildman–Crippen LogP) is 3.30.